The van der Waals surface area contributed by atoms with Crippen molar-refractivity contribution in [2.75, 3.05) is 17.7 Å². The van der Waals surface area contributed by atoms with E-state index < -0.39 is 21.3 Å². The first kappa shape index (κ1) is 20.3. The van der Waals surface area contributed by atoms with Crippen molar-refractivity contribution in [3.63, 3.8) is 0 Å². The van der Waals surface area contributed by atoms with Gasteiger partial charge in [0, 0.05) is 5.41 Å². The quantitative estimate of drug-likeness (QED) is 0.618. The van der Waals surface area contributed by atoms with Gasteiger partial charge >= 0.3 is 0 Å². The van der Waals surface area contributed by atoms with Crippen LogP contribution in [0.2, 0.25) is 0 Å². The number of rotatable bonds is 8. The second-order valence-corrected chi connectivity index (χ2v) is 10.3. The number of amides is 1. The number of nitrogens with one attached hydrogen (secondary N) is 1. The number of nitrogens with zero attached hydrogens (tertiary/aromatic N) is 2. The molecule has 0 saturated carbocycles. The highest BCUT2D eigenvalue weighted by Crippen LogP contribution is 2.29. The van der Waals surface area contributed by atoms with Gasteiger partial charge in [0.15, 0.2) is 11.2 Å². The third kappa shape index (κ3) is 5.41. The van der Waals surface area contributed by atoms with Crippen LogP contribution in [0.5, 0.6) is 0 Å². The highest BCUT2D eigenvalue weighted by Gasteiger charge is 2.46. The molecule has 1 aromatic rings. The van der Waals surface area contributed by atoms with Crippen LogP contribution in [0.25, 0.3) is 0 Å². The summed E-state index contributed by atoms with van der Waals surface area (Å²) in [7, 11) is 0. The molecule has 0 fully saturated rings. The van der Waals surface area contributed by atoms with Crippen LogP contribution in [0, 0.1) is 5.92 Å². The Bertz CT molecular complexity index is 530. The number of aromatic nitrogens is 2. The van der Waals surface area contributed by atoms with Crippen LogP contribution in [0.4, 0.5) is 5.13 Å². The summed E-state index contributed by atoms with van der Waals surface area (Å²) in [6.45, 7) is 11.3. The van der Waals surface area contributed by atoms with Crippen molar-refractivity contribution < 1.29 is 14.5 Å². The zero-order valence-corrected chi connectivity index (χ0v) is 16.3. The molecule has 0 aromatic carbocycles. The molecule has 0 bridgehead atoms. The Morgan fingerprint density at radius 2 is 1.91 bits per heavy atom. The van der Waals surface area contributed by atoms with Crippen molar-refractivity contribution in [2.24, 2.45) is 5.92 Å². The predicted octanol–water partition coefficient (Wildman–Crippen LogP) is 2.66. The minimum atomic E-state index is -1.01. The van der Waals surface area contributed by atoms with Gasteiger partial charge in [0.2, 0.25) is 9.88 Å². The van der Waals surface area contributed by atoms with E-state index in [1.54, 1.807) is 13.8 Å². The summed E-state index contributed by atoms with van der Waals surface area (Å²) >= 11 is 0.234. The van der Waals surface area contributed by atoms with E-state index in [4.69, 9.17) is 0 Å². The third-order valence-corrected chi connectivity index (χ3v) is 6.83. The maximum absolute atomic E-state index is 12.5. The van der Waals surface area contributed by atoms with Gasteiger partial charge in [-0.15, -0.1) is 10.2 Å². The summed E-state index contributed by atoms with van der Waals surface area (Å²) in [5, 5.41) is 21.2. The number of anilines is 1. The minimum absolute atomic E-state index is 0.0453. The molecule has 0 radical (unpaired) electrons. The zero-order valence-electron chi connectivity index (χ0n) is 14.7. The maximum Gasteiger partial charge on any atom is 0.285 e. The zero-order chi connectivity index (χ0) is 17.8. The molecule has 0 aliphatic carbocycles. The highest BCUT2D eigenvalue weighted by atomic mass is 32.2. The van der Waals surface area contributed by atoms with E-state index in [0.717, 1.165) is 6.42 Å². The first-order valence-electron chi connectivity index (χ1n) is 7.67. The summed E-state index contributed by atoms with van der Waals surface area (Å²) in [5.41, 5.74) is -0.491. The monoisotopic (exact) mass is 362 g/mol. The maximum atomic E-state index is 12.5. The van der Waals surface area contributed by atoms with Gasteiger partial charge in [-0.1, -0.05) is 39.0 Å². The molecule has 23 heavy (non-hydrogen) atoms. The van der Waals surface area contributed by atoms with Crippen molar-refractivity contribution >= 4 is 33.6 Å². The van der Waals surface area contributed by atoms with E-state index in [0.29, 0.717) is 21.8 Å². The predicted molar refractivity (Wildman–Crippen MR) is 97.0 cm³/mol. The van der Waals surface area contributed by atoms with Crippen LogP contribution in [0.1, 0.15) is 53.0 Å². The lowest BCUT2D eigenvalue weighted by molar-refractivity contribution is -0.117. The normalized spacial score (nSPS) is 14.1. The molecule has 3 N–H and O–H groups in total. The Balaban J connectivity index is 2.74. The number of aliphatic hydroxyl groups is 1. The lowest BCUT2D eigenvalue weighted by Crippen LogP contribution is -2.45. The number of hydrogen-bond acceptors (Lipinski definition) is 6. The average molecular weight is 363 g/mol. The largest absolute Gasteiger partial charge is 0.395 e. The van der Waals surface area contributed by atoms with Gasteiger partial charge in [-0.2, -0.15) is 4.55 Å². The van der Waals surface area contributed by atoms with Crippen molar-refractivity contribution in [3.8, 4) is 0 Å². The Morgan fingerprint density at radius 3 is 2.43 bits per heavy atom. The first-order valence-corrected chi connectivity index (χ1v) is 9.83. The Morgan fingerprint density at radius 1 is 1.30 bits per heavy atom. The smallest absolute Gasteiger partial charge is 0.285 e. The summed E-state index contributed by atoms with van der Waals surface area (Å²) in [6.07, 6.45) is 0.879. The molecular weight excluding hydrogens is 334 g/mol. The molecule has 1 rings (SSSR count). The van der Waals surface area contributed by atoms with Gasteiger partial charge in [0.1, 0.15) is 10.8 Å². The van der Waals surface area contributed by atoms with Crippen LogP contribution in [0.15, 0.2) is 0 Å². The van der Waals surface area contributed by atoms with E-state index in [2.05, 4.69) is 29.4 Å². The van der Waals surface area contributed by atoms with Crippen molar-refractivity contribution in [1.29, 1.82) is 0 Å². The molecule has 0 saturated heterocycles. The van der Waals surface area contributed by atoms with E-state index >= 15 is 0 Å². The van der Waals surface area contributed by atoms with Gasteiger partial charge in [0.25, 0.3) is 5.91 Å². The summed E-state index contributed by atoms with van der Waals surface area (Å²) in [6, 6.07) is 0. The van der Waals surface area contributed by atoms with Crippen molar-refractivity contribution in [1.82, 2.24) is 10.2 Å². The average Bonchev–Trinajstić information content (AvgIpc) is 2.93. The second-order valence-electron chi connectivity index (χ2n) is 7.17. The van der Waals surface area contributed by atoms with Gasteiger partial charge in [0.05, 0.1) is 6.61 Å². The number of aliphatic hydroxyl groups excluding tert-OH is 1. The number of carbonyl (C=O) groups excluding carboxylic acids is 1. The van der Waals surface area contributed by atoms with Gasteiger partial charge in [-0.25, -0.2) is 0 Å². The second kappa shape index (κ2) is 7.92. The lowest BCUT2D eigenvalue weighted by Gasteiger charge is -2.19. The van der Waals surface area contributed by atoms with Crippen molar-refractivity contribution in [2.45, 2.75) is 58.1 Å². The first-order chi connectivity index (χ1) is 10.5. The summed E-state index contributed by atoms with van der Waals surface area (Å²) in [5.74, 6) is 0.829. The molecule has 0 spiro atoms. The third-order valence-electron chi connectivity index (χ3n) is 3.64. The fraction of sp³-hybridized carbons (Fsp3) is 0.800. The molecule has 1 aromatic heterocycles. The summed E-state index contributed by atoms with van der Waals surface area (Å²) < 4.78 is 9.47. The lowest BCUT2D eigenvalue weighted by atomic mass is 9.96. The fourth-order valence-electron chi connectivity index (χ4n) is 1.57. The molecular formula is C15H28N3O3S2+. The molecule has 0 aliphatic heterocycles. The van der Waals surface area contributed by atoms with Gasteiger partial charge < -0.3 is 5.11 Å². The standard InChI is InChI=1S/C15H27N3O3S2/c1-10(2)7-8-23(21)15(5,6)11(20)16-13-18-17-12(22-13)14(3,4)9-19/h10,19,21H,7-9H2,1-6H3/p+1. The van der Waals surface area contributed by atoms with Gasteiger partial charge in [-0.3, -0.25) is 10.1 Å². The molecule has 132 valence electrons. The number of hydrogen-bond donors (Lipinski definition) is 3. The molecule has 1 atom stereocenters. The SMILES string of the molecule is CC(C)CC[S+](O)C(C)(C)C(=O)Nc1nnc(C(C)(C)CO)s1. The van der Waals surface area contributed by atoms with Crippen LogP contribution >= 0.6 is 11.3 Å². The van der Waals surface area contributed by atoms with Crippen LogP contribution in [-0.2, 0) is 21.4 Å². The Labute approximate surface area is 145 Å². The molecule has 1 heterocycles. The minimum Gasteiger partial charge on any atom is -0.395 e. The summed E-state index contributed by atoms with van der Waals surface area (Å²) in [4.78, 5) is 12.5. The molecule has 0 aliphatic rings. The topological polar surface area (TPSA) is 95.3 Å². The molecule has 8 heteroatoms. The molecule has 6 nitrogen and oxygen atoms in total. The van der Waals surface area contributed by atoms with Crippen molar-refractivity contribution in [3.05, 3.63) is 5.01 Å². The van der Waals surface area contributed by atoms with E-state index in [1.807, 2.05) is 13.8 Å². The fourth-order valence-corrected chi connectivity index (χ4v) is 3.87. The highest BCUT2D eigenvalue weighted by molar-refractivity contribution is 7.93. The van der Waals surface area contributed by atoms with Crippen LogP contribution in [-0.4, -0.2) is 42.9 Å². The van der Waals surface area contributed by atoms with Gasteiger partial charge in [-0.05, 0) is 26.2 Å². The van der Waals surface area contributed by atoms with E-state index in [9.17, 15) is 14.5 Å². The van der Waals surface area contributed by atoms with E-state index in [-0.39, 0.29) is 12.5 Å². The Kier molecular flexibility index (Phi) is 7.00. The van der Waals surface area contributed by atoms with Crippen LogP contribution in [0.3, 0.4) is 0 Å². The molecule has 1 amide bonds. The Hall–Kier alpha value is -0.700. The van der Waals surface area contributed by atoms with Crippen LogP contribution < -0.4 is 5.32 Å². The molecule has 1 unspecified atom stereocenters. The van der Waals surface area contributed by atoms with E-state index in [1.165, 1.54) is 11.3 Å². The number of carbonyl (C=O) groups is 1.